The zero-order valence-electron chi connectivity index (χ0n) is 14.3. The molecule has 7 nitrogen and oxygen atoms in total. The summed E-state index contributed by atoms with van der Waals surface area (Å²) in [4.78, 5) is 18.2. The molecule has 3 N–H and O–H groups in total. The van der Waals surface area contributed by atoms with Gasteiger partial charge in [-0.3, -0.25) is 4.90 Å². The van der Waals surface area contributed by atoms with E-state index in [1.54, 1.807) is 19.1 Å². The smallest absolute Gasteiger partial charge is 0.374 e. The average molecular weight is 450 g/mol. The van der Waals surface area contributed by atoms with Crippen LogP contribution in [0.5, 0.6) is 0 Å². The summed E-state index contributed by atoms with van der Waals surface area (Å²) in [6.45, 7) is 7.56. The number of esters is 1. The SMILES string of the molecule is CCOC(=O)c1ccc(CN=C(N)NCC2CCCN2CC)o1.I. The molecule has 1 atom stereocenters. The van der Waals surface area contributed by atoms with Gasteiger partial charge in [-0.2, -0.15) is 0 Å². The molecule has 1 unspecified atom stereocenters. The van der Waals surface area contributed by atoms with Crippen LogP contribution in [0.15, 0.2) is 21.5 Å². The van der Waals surface area contributed by atoms with Gasteiger partial charge in [0.05, 0.1) is 6.61 Å². The lowest BCUT2D eigenvalue weighted by Crippen LogP contribution is -2.42. The van der Waals surface area contributed by atoms with Crippen LogP contribution in [0, 0.1) is 0 Å². The molecule has 0 aliphatic carbocycles. The zero-order chi connectivity index (χ0) is 16.7. The summed E-state index contributed by atoms with van der Waals surface area (Å²) in [5, 5.41) is 3.16. The highest BCUT2D eigenvalue weighted by Crippen LogP contribution is 2.15. The molecular weight excluding hydrogens is 423 g/mol. The van der Waals surface area contributed by atoms with Crippen molar-refractivity contribution in [2.24, 2.45) is 10.7 Å². The minimum atomic E-state index is -0.463. The Bertz CT molecular complexity index is 547. The Balaban J connectivity index is 0.00000288. The predicted molar refractivity (Wildman–Crippen MR) is 104 cm³/mol. The first-order valence-corrected chi connectivity index (χ1v) is 8.17. The third-order valence-corrected chi connectivity index (χ3v) is 3.97. The quantitative estimate of drug-likeness (QED) is 0.286. The van der Waals surface area contributed by atoms with E-state index in [2.05, 4.69) is 22.1 Å². The van der Waals surface area contributed by atoms with E-state index in [0.29, 0.717) is 30.9 Å². The van der Waals surface area contributed by atoms with Crippen molar-refractivity contribution in [3.05, 3.63) is 23.7 Å². The summed E-state index contributed by atoms with van der Waals surface area (Å²) in [6.07, 6.45) is 2.43. The lowest BCUT2D eigenvalue weighted by atomic mass is 10.2. The van der Waals surface area contributed by atoms with Gasteiger partial charge in [0, 0.05) is 12.6 Å². The molecule has 0 radical (unpaired) electrons. The number of carbonyl (C=O) groups excluding carboxylic acids is 1. The number of ether oxygens (including phenoxy) is 1. The highest BCUT2D eigenvalue weighted by molar-refractivity contribution is 14.0. The lowest BCUT2D eigenvalue weighted by molar-refractivity contribution is 0.0488. The molecule has 0 saturated carbocycles. The fourth-order valence-electron chi connectivity index (χ4n) is 2.76. The summed E-state index contributed by atoms with van der Waals surface area (Å²) in [5.74, 6) is 0.693. The monoisotopic (exact) mass is 450 g/mol. The maximum absolute atomic E-state index is 11.5. The summed E-state index contributed by atoms with van der Waals surface area (Å²) in [6, 6.07) is 3.82. The topological polar surface area (TPSA) is 93.1 Å². The number of nitrogens with zero attached hydrogens (tertiary/aromatic N) is 2. The molecule has 1 aliphatic heterocycles. The van der Waals surface area contributed by atoms with Crippen LogP contribution in [0.3, 0.4) is 0 Å². The number of hydrogen-bond donors (Lipinski definition) is 2. The normalized spacial score (nSPS) is 18.2. The van der Waals surface area contributed by atoms with Crippen molar-refractivity contribution in [3.63, 3.8) is 0 Å². The molecule has 0 aromatic carbocycles. The second-order valence-corrected chi connectivity index (χ2v) is 5.49. The number of guanidine groups is 1. The first-order valence-electron chi connectivity index (χ1n) is 8.17. The van der Waals surface area contributed by atoms with Crippen LogP contribution in [-0.2, 0) is 11.3 Å². The van der Waals surface area contributed by atoms with E-state index < -0.39 is 5.97 Å². The molecule has 2 rings (SSSR count). The van der Waals surface area contributed by atoms with Crippen LogP contribution >= 0.6 is 24.0 Å². The fraction of sp³-hybridized carbons (Fsp3) is 0.625. The molecule has 0 spiro atoms. The van der Waals surface area contributed by atoms with Crippen molar-refractivity contribution in [1.82, 2.24) is 10.2 Å². The largest absolute Gasteiger partial charge is 0.460 e. The third kappa shape index (κ3) is 5.97. The molecule has 0 amide bonds. The Morgan fingerprint density at radius 3 is 3.00 bits per heavy atom. The molecule has 2 heterocycles. The number of hydrogen-bond acceptors (Lipinski definition) is 5. The number of nitrogens with two attached hydrogens (primary N) is 1. The number of aliphatic imine (C=N–C) groups is 1. The highest BCUT2D eigenvalue weighted by Gasteiger charge is 2.22. The average Bonchev–Trinajstić information content (AvgIpc) is 3.20. The first kappa shape index (κ1) is 20.8. The van der Waals surface area contributed by atoms with Crippen molar-refractivity contribution < 1.29 is 13.9 Å². The fourth-order valence-corrected chi connectivity index (χ4v) is 2.76. The van der Waals surface area contributed by atoms with Crippen molar-refractivity contribution in [2.45, 2.75) is 39.3 Å². The number of rotatable bonds is 7. The molecule has 1 aromatic rings. The number of furan rings is 1. The van der Waals surface area contributed by atoms with E-state index in [1.807, 2.05) is 0 Å². The molecule has 1 fully saturated rings. The van der Waals surface area contributed by atoms with E-state index in [0.717, 1.165) is 19.6 Å². The van der Waals surface area contributed by atoms with Crippen molar-refractivity contribution in [3.8, 4) is 0 Å². The number of likely N-dealkylation sites (tertiary alicyclic amines) is 1. The van der Waals surface area contributed by atoms with Gasteiger partial charge in [-0.1, -0.05) is 6.92 Å². The zero-order valence-corrected chi connectivity index (χ0v) is 16.6. The molecule has 1 saturated heterocycles. The van der Waals surface area contributed by atoms with E-state index >= 15 is 0 Å². The molecule has 0 bridgehead atoms. The maximum atomic E-state index is 11.5. The minimum Gasteiger partial charge on any atom is -0.460 e. The third-order valence-electron chi connectivity index (χ3n) is 3.97. The summed E-state index contributed by atoms with van der Waals surface area (Å²) >= 11 is 0. The van der Waals surface area contributed by atoms with Gasteiger partial charge < -0.3 is 20.2 Å². The van der Waals surface area contributed by atoms with E-state index in [1.165, 1.54) is 12.8 Å². The maximum Gasteiger partial charge on any atom is 0.374 e. The van der Waals surface area contributed by atoms with Gasteiger partial charge >= 0.3 is 5.97 Å². The van der Waals surface area contributed by atoms with Crippen LogP contribution in [0.2, 0.25) is 0 Å². The number of halogens is 1. The summed E-state index contributed by atoms with van der Waals surface area (Å²) in [7, 11) is 0. The second-order valence-electron chi connectivity index (χ2n) is 5.49. The minimum absolute atomic E-state index is 0. The molecule has 8 heteroatoms. The lowest BCUT2D eigenvalue weighted by Gasteiger charge is -2.23. The second kappa shape index (κ2) is 10.5. The molecule has 1 aromatic heterocycles. The van der Waals surface area contributed by atoms with Gasteiger partial charge in [-0.25, -0.2) is 9.79 Å². The Morgan fingerprint density at radius 1 is 1.50 bits per heavy atom. The Labute approximate surface area is 160 Å². The van der Waals surface area contributed by atoms with Gasteiger partial charge in [-0.05, 0) is 45.0 Å². The highest BCUT2D eigenvalue weighted by atomic mass is 127. The summed E-state index contributed by atoms with van der Waals surface area (Å²) < 4.78 is 10.3. The Hall–Kier alpha value is -1.29. The Kier molecular flexibility index (Phi) is 9.12. The molecule has 1 aliphatic rings. The standard InChI is InChI=1S/C16H26N4O3.HI/c1-3-20-9-5-6-12(20)10-18-16(17)19-11-13-7-8-14(23-13)15(21)22-4-2;/h7-8,12H,3-6,9-11H2,1-2H3,(H3,17,18,19);1H. The van der Waals surface area contributed by atoms with Crippen molar-refractivity contribution in [1.29, 1.82) is 0 Å². The Morgan fingerprint density at radius 2 is 2.29 bits per heavy atom. The van der Waals surface area contributed by atoms with E-state index in [9.17, 15) is 4.79 Å². The number of nitrogens with one attached hydrogen (secondary N) is 1. The molecular formula is C16H27IN4O3. The van der Waals surface area contributed by atoms with Gasteiger partial charge in [0.2, 0.25) is 5.76 Å². The molecule has 24 heavy (non-hydrogen) atoms. The van der Waals surface area contributed by atoms with Gasteiger partial charge in [0.1, 0.15) is 12.3 Å². The summed E-state index contributed by atoms with van der Waals surface area (Å²) in [5.41, 5.74) is 5.89. The van der Waals surface area contributed by atoms with Crippen LogP contribution < -0.4 is 11.1 Å². The van der Waals surface area contributed by atoms with Gasteiger partial charge in [-0.15, -0.1) is 24.0 Å². The van der Waals surface area contributed by atoms with Crippen LogP contribution in [0.1, 0.15) is 43.0 Å². The molecule has 136 valence electrons. The predicted octanol–water partition coefficient (Wildman–Crippen LogP) is 1.96. The number of likely N-dealkylation sites (N-methyl/N-ethyl adjacent to an activating group) is 1. The van der Waals surface area contributed by atoms with Crippen molar-refractivity contribution >= 4 is 35.9 Å². The van der Waals surface area contributed by atoms with Gasteiger partial charge in [0.15, 0.2) is 5.96 Å². The van der Waals surface area contributed by atoms with Crippen molar-refractivity contribution in [2.75, 3.05) is 26.2 Å². The first-order chi connectivity index (χ1) is 11.1. The number of carbonyl (C=O) groups is 1. The van der Waals surface area contributed by atoms with Crippen LogP contribution in [0.25, 0.3) is 0 Å². The van der Waals surface area contributed by atoms with E-state index in [4.69, 9.17) is 14.9 Å². The van der Waals surface area contributed by atoms with Crippen LogP contribution in [0.4, 0.5) is 0 Å². The van der Waals surface area contributed by atoms with Gasteiger partial charge in [0.25, 0.3) is 0 Å². The van der Waals surface area contributed by atoms with E-state index in [-0.39, 0.29) is 29.7 Å². The van der Waals surface area contributed by atoms with Crippen LogP contribution in [-0.4, -0.2) is 49.1 Å².